The molecule has 0 unspecified atom stereocenters. The summed E-state index contributed by atoms with van der Waals surface area (Å²) in [7, 11) is 0. The van der Waals surface area contributed by atoms with Crippen LogP contribution in [0.3, 0.4) is 0 Å². The number of hydrogen-bond acceptors (Lipinski definition) is 3. The fourth-order valence-electron chi connectivity index (χ4n) is 1.30. The highest BCUT2D eigenvalue weighted by molar-refractivity contribution is 4.79. The molecule has 0 amide bonds. The average Bonchev–Trinajstić information content (AvgIpc) is 2.14. The van der Waals surface area contributed by atoms with Gasteiger partial charge in [-0.15, -0.1) is 0 Å². The Kier molecular flexibility index (Phi) is 6.07. The van der Waals surface area contributed by atoms with Gasteiger partial charge in [0.25, 0.3) is 0 Å². The molecular weight excluding hydrogens is 437 g/mol. The van der Waals surface area contributed by atoms with Gasteiger partial charge in [0.1, 0.15) is 0 Å². The molecule has 0 radical (unpaired) electrons. The lowest BCUT2D eigenvalue weighted by atomic mass is 10.6. The van der Waals surface area contributed by atoms with Crippen LogP contribution in [-0.2, 0) is 0 Å². The van der Waals surface area contributed by atoms with Crippen molar-refractivity contribution < 1.29 is 74.6 Å². The lowest BCUT2D eigenvalue weighted by Crippen LogP contribution is -2.74. The van der Waals surface area contributed by atoms with Crippen LogP contribution in [0.2, 0.25) is 0 Å². The minimum Gasteiger partial charge on any atom is -0.170 e. The second-order valence-corrected chi connectivity index (χ2v) is 3.81. The maximum atomic E-state index is 13.2. The first-order valence-electron chi connectivity index (χ1n) is 4.98. The van der Waals surface area contributed by atoms with Crippen molar-refractivity contribution in [1.82, 2.24) is 14.9 Å². The molecule has 0 aliphatic heterocycles. The fourth-order valence-corrected chi connectivity index (χ4v) is 1.30. The van der Waals surface area contributed by atoms with Crippen LogP contribution in [0.1, 0.15) is 0 Å². The highest BCUT2D eigenvalue weighted by Gasteiger charge is 2.77. The molecule has 0 atom stereocenters. The number of halogens is 17. The van der Waals surface area contributed by atoms with E-state index in [-0.39, 0.29) is 0 Å². The van der Waals surface area contributed by atoms with Crippen molar-refractivity contribution in [2.45, 2.75) is 37.7 Å². The summed E-state index contributed by atoms with van der Waals surface area (Å²) in [5.74, 6) is 0. The van der Waals surface area contributed by atoms with E-state index in [9.17, 15) is 74.6 Å². The molecule has 0 spiro atoms. The molecule has 0 aromatic carbocycles. The third-order valence-electron chi connectivity index (χ3n) is 1.95. The largest absolute Gasteiger partial charge is 0.481 e. The van der Waals surface area contributed by atoms with Gasteiger partial charge in [-0.3, -0.25) is 0 Å². The Bertz CT molecular complexity index is 447. The van der Waals surface area contributed by atoms with E-state index >= 15 is 0 Å². The molecule has 0 aliphatic rings. The van der Waals surface area contributed by atoms with Crippen molar-refractivity contribution in [3.05, 3.63) is 0 Å². The topological polar surface area (TPSA) is 9.72 Å². The molecule has 0 aromatic heterocycles. The van der Waals surface area contributed by atoms with Crippen LogP contribution >= 0.6 is 0 Å². The van der Waals surface area contributed by atoms with Crippen LogP contribution in [0.15, 0.2) is 0 Å². The number of hydrazine groups is 1. The predicted octanol–water partition coefficient (Wildman–Crippen LogP) is 4.96. The van der Waals surface area contributed by atoms with Crippen molar-refractivity contribution in [1.29, 1.82) is 0 Å². The van der Waals surface area contributed by atoms with Gasteiger partial charge in [0.2, 0.25) is 0 Å². The van der Waals surface area contributed by atoms with Crippen molar-refractivity contribution in [2.75, 3.05) is 0 Å². The van der Waals surface area contributed by atoms with Gasteiger partial charge >= 0.3 is 37.7 Å². The predicted molar refractivity (Wildman–Crippen MR) is 40.7 cm³/mol. The highest BCUT2D eigenvalue weighted by atomic mass is 19.4. The Morgan fingerprint density at radius 1 is 0.308 bits per heavy atom. The fraction of sp³-hybridized carbons (Fsp3) is 1.00. The van der Waals surface area contributed by atoms with Gasteiger partial charge in [0.05, 0.1) is 0 Å². The molecule has 0 aromatic rings. The molecule has 158 valence electrons. The summed E-state index contributed by atoms with van der Waals surface area (Å²) in [5.41, 5.74) is 0. The number of alkyl halides is 17. The van der Waals surface area contributed by atoms with E-state index in [4.69, 9.17) is 0 Å². The van der Waals surface area contributed by atoms with Crippen molar-refractivity contribution >= 4 is 0 Å². The maximum Gasteiger partial charge on any atom is 0.481 e. The van der Waals surface area contributed by atoms with Gasteiger partial charge < -0.3 is 0 Å². The van der Waals surface area contributed by atoms with E-state index in [0.717, 1.165) is 0 Å². The average molecular weight is 437 g/mol. The third-order valence-corrected chi connectivity index (χ3v) is 1.95. The normalized spacial score (nSPS) is 16.2. The second-order valence-electron chi connectivity index (χ2n) is 3.81. The monoisotopic (exact) mass is 437 g/mol. The minimum absolute atomic E-state index is 4.27. The summed E-state index contributed by atoms with van der Waals surface area (Å²) in [5, 5.41) is -8.66. The Morgan fingerprint density at radius 2 is 0.538 bits per heavy atom. The molecule has 0 rings (SSSR count). The van der Waals surface area contributed by atoms with Gasteiger partial charge in [-0.25, -0.2) is 0 Å². The van der Waals surface area contributed by atoms with Gasteiger partial charge in [-0.1, -0.05) is 5.01 Å². The molecule has 0 bridgehead atoms. The zero-order chi connectivity index (χ0) is 21.7. The van der Waals surface area contributed by atoms with E-state index in [2.05, 4.69) is 0 Å². The van der Waals surface area contributed by atoms with Crippen molar-refractivity contribution in [3.8, 4) is 0 Å². The lowest BCUT2D eigenvalue weighted by molar-refractivity contribution is -0.570. The Labute approximate surface area is 129 Å². The summed E-state index contributed by atoms with van der Waals surface area (Å²) in [6.45, 7) is 0. The maximum absolute atomic E-state index is 13.2. The van der Waals surface area contributed by atoms with Crippen LogP contribution in [-0.4, -0.2) is 52.6 Å². The Balaban J connectivity index is 6.83. The first kappa shape index (κ1) is 24.7. The lowest BCUT2D eigenvalue weighted by Gasteiger charge is -2.44. The van der Waals surface area contributed by atoms with E-state index in [0.29, 0.717) is 0 Å². The first-order valence-corrected chi connectivity index (χ1v) is 4.98. The molecule has 0 saturated carbocycles. The Morgan fingerprint density at radius 3 is 0.692 bits per heavy atom. The molecular formula is C6F17N3. The molecule has 26 heavy (non-hydrogen) atoms. The van der Waals surface area contributed by atoms with Gasteiger partial charge in [-0.05, 0) is 9.91 Å². The van der Waals surface area contributed by atoms with Crippen LogP contribution in [0.5, 0.6) is 0 Å². The van der Waals surface area contributed by atoms with Crippen molar-refractivity contribution in [2.24, 2.45) is 0 Å². The molecule has 0 N–H and O–H groups in total. The molecule has 0 saturated heterocycles. The molecule has 0 fully saturated rings. The summed E-state index contributed by atoms with van der Waals surface area (Å²) in [4.78, 5) is -4.38. The first-order chi connectivity index (χ1) is 10.9. The van der Waals surface area contributed by atoms with E-state index in [1.807, 2.05) is 0 Å². The van der Waals surface area contributed by atoms with E-state index in [1.165, 1.54) is 0 Å². The summed E-state index contributed by atoms with van der Waals surface area (Å²) in [6.07, 6.45) is -46.0. The molecule has 3 nitrogen and oxygen atoms in total. The van der Waals surface area contributed by atoms with Gasteiger partial charge in [0, 0.05) is 0 Å². The standard InChI is InChI=1S/C6F17N3/c7-1(8,9)24(2(10,11)12)6(22,23)26(5(19,20)21)25(3(13,14)15)4(16,17)18. The quantitative estimate of drug-likeness (QED) is 0.268. The van der Waals surface area contributed by atoms with Crippen LogP contribution < -0.4 is 0 Å². The van der Waals surface area contributed by atoms with Crippen LogP contribution in [0.25, 0.3) is 0 Å². The SMILES string of the molecule is FC(F)(F)N(N(C(F)(F)F)C(F)(F)N(C(F)(F)F)C(F)(F)F)C(F)(F)F. The van der Waals surface area contributed by atoms with Crippen LogP contribution in [0, 0.1) is 0 Å². The number of nitrogens with zero attached hydrogens (tertiary/aromatic N) is 3. The molecule has 0 heterocycles. The third kappa shape index (κ3) is 5.34. The number of rotatable bonds is 3. The van der Waals surface area contributed by atoms with Crippen molar-refractivity contribution in [3.63, 3.8) is 0 Å². The minimum atomic E-state index is -8.00. The van der Waals surface area contributed by atoms with E-state index < -0.39 is 52.6 Å². The smallest absolute Gasteiger partial charge is 0.170 e. The van der Waals surface area contributed by atoms with Gasteiger partial charge in [-0.2, -0.15) is 74.6 Å². The Hall–Kier alpha value is -1.31. The van der Waals surface area contributed by atoms with E-state index in [1.54, 1.807) is 0 Å². The van der Waals surface area contributed by atoms with Crippen LogP contribution in [0.4, 0.5) is 74.6 Å². The molecule has 0 aliphatic carbocycles. The molecule has 20 heteroatoms. The summed E-state index contributed by atoms with van der Waals surface area (Å²) < 4.78 is 209. The highest BCUT2D eigenvalue weighted by Crippen LogP contribution is 2.50. The summed E-state index contributed by atoms with van der Waals surface area (Å²) >= 11 is 0. The zero-order valence-corrected chi connectivity index (χ0v) is 10.8. The second kappa shape index (κ2) is 6.39. The summed E-state index contributed by atoms with van der Waals surface area (Å²) in [6, 6.07) is 0. The number of hydrogen-bond donors (Lipinski definition) is 0. The zero-order valence-electron chi connectivity index (χ0n) is 10.8. The van der Waals surface area contributed by atoms with Gasteiger partial charge in [0.15, 0.2) is 0 Å².